The molecule has 5 nitrogen and oxygen atoms in total. The molecule has 0 saturated carbocycles. The van der Waals surface area contributed by atoms with E-state index in [1.807, 2.05) is 65.0 Å². The van der Waals surface area contributed by atoms with Gasteiger partial charge in [-0.3, -0.25) is 9.59 Å². The van der Waals surface area contributed by atoms with Gasteiger partial charge in [0.05, 0.1) is 5.39 Å². The first-order valence-electron chi connectivity index (χ1n) is 9.81. The molecular weight excluding hydrogens is 366 g/mol. The van der Waals surface area contributed by atoms with Gasteiger partial charge in [0.1, 0.15) is 5.58 Å². The lowest BCUT2D eigenvalue weighted by molar-refractivity contribution is -0.123. The molecule has 2 aromatic carbocycles. The summed E-state index contributed by atoms with van der Waals surface area (Å²) in [7, 11) is 0. The lowest BCUT2D eigenvalue weighted by atomic mass is 10.0. The number of carbonyl (C=O) groups is 1. The zero-order valence-electron chi connectivity index (χ0n) is 17.6. The summed E-state index contributed by atoms with van der Waals surface area (Å²) < 4.78 is 11.9. The molecule has 0 saturated heterocycles. The lowest BCUT2D eigenvalue weighted by Gasteiger charge is -2.14. The predicted octanol–water partition coefficient (Wildman–Crippen LogP) is 4.54. The van der Waals surface area contributed by atoms with Gasteiger partial charge in [-0.1, -0.05) is 49.7 Å². The molecule has 0 unspecified atom stereocenters. The third-order valence-corrected chi connectivity index (χ3v) is 4.65. The van der Waals surface area contributed by atoms with Crippen LogP contribution >= 0.6 is 0 Å². The summed E-state index contributed by atoms with van der Waals surface area (Å²) in [5.41, 5.74) is 3.93. The number of carbonyl (C=O) groups excluding carboxylic acids is 1. The van der Waals surface area contributed by atoms with Gasteiger partial charge < -0.3 is 14.5 Å². The maximum atomic E-state index is 13.3. The van der Waals surface area contributed by atoms with Crippen LogP contribution in [0.1, 0.15) is 30.5 Å². The van der Waals surface area contributed by atoms with Crippen molar-refractivity contribution in [3.8, 4) is 17.1 Å². The summed E-state index contributed by atoms with van der Waals surface area (Å²) in [5, 5.41) is 3.25. The second-order valence-corrected chi connectivity index (χ2v) is 7.90. The highest BCUT2D eigenvalue weighted by Gasteiger charge is 2.20. The third-order valence-electron chi connectivity index (χ3n) is 4.65. The van der Waals surface area contributed by atoms with Gasteiger partial charge >= 0.3 is 0 Å². The number of hydrogen-bond donors (Lipinski definition) is 1. The van der Waals surface area contributed by atoms with Gasteiger partial charge in [-0.2, -0.15) is 0 Å². The van der Waals surface area contributed by atoms with Crippen LogP contribution in [0.15, 0.2) is 45.6 Å². The Balaban J connectivity index is 2.08. The van der Waals surface area contributed by atoms with E-state index in [0.29, 0.717) is 29.2 Å². The number of aryl methyl sites for hydroxylation is 3. The summed E-state index contributed by atoms with van der Waals surface area (Å²) in [5.74, 6) is 0.462. The van der Waals surface area contributed by atoms with Crippen LogP contribution in [0.25, 0.3) is 22.3 Å². The summed E-state index contributed by atoms with van der Waals surface area (Å²) in [6.45, 7) is 10.2. The molecule has 0 spiro atoms. The molecule has 3 rings (SSSR count). The molecule has 1 aromatic heterocycles. The first kappa shape index (κ1) is 20.6. The fourth-order valence-electron chi connectivity index (χ4n) is 3.17. The largest absolute Gasteiger partial charge is 0.476 e. The number of amides is 1. The van der Waals surface area contributed by atoms with Crippen LogP contribution in [-0.2, 0) is 4.79 Å². The SMILES string of the molecule is Cc1ccc(-c2oc3c(C)cc(C)cc3c(=O)c2OCC(=O)NCC(C)C)cc1. The lowest BCUT2D eigenvalue weighted by Crippen LogP contribution is -2.32. The van der Waals surface area contributed by atoms with Crippen molar-refractivity contribution in [3.63, 3.8) is 0 Å². The smallest absolute Gasteiger partial charge is 0.257 e. The fraction of sp³-hybridized carbons (Fsp3) is 0.333. The van der Waals surface area contributed by atoms with Gasteiger partial charge in [-0.15, -0.1) is 0 Å². The number of nitrogens with one attached hydrogen (secondary N) is 1. The van der Waals surface area contributed by atoms with Crippen molar-refractivity contribution in [2.75, 3.05) is 13.2 Å². The zero-order valence-corrected chi connectivity index (χ0v) is 17.6. The minimum absolute atomic E-state index is 0.0612. The van der Waals surface area contributed by atoms with Gasteiger partial charge in [-0.25, -0.2) is 0 Å². The maximum absolute atomic E-state index is 13.3. The Hall–Kier alpha value is -3.08. The Morgan fingerprint density at radius 3 is 2.41 bits per heavy atom. The monoisotopic (exact) mass is 393 g/mol. The van der Waals surface area contributed by atoms with Crippen molar-refractivity contribution in [1.29, 1.82) is 0 Å². The predicted molar refractivity (Wildman–Crippen MR) is 115 cm³/mol. The normalized spacial score (nSPS) is 11.1. The van der Waals surface area contributed by atoms with E-state index in [4.69, 9.17) is 9.15 Å². The molecular formula is C24H27NO4. The average Bonchev–Trinajstić information content (AvgIpc) is 2.66. The van der Waals surface area contributed by atoms with Crippen LogP contribution < -0.4 is 15.5 Å². The molecule has 1 heterocycles. The number of ether oxygens (including phenoxy) is 1. The Bertz CT molecular complexity index is 1090. The third kappa shape index (κ3) is 4.67. The Kier molecular flexibility index (Phi) is 6.06. The second kappa shape index (κ2) is 8.52. The number of hydrogen-bond acceptors (Lipinski definition) is 4. The Labute approximate surface area is 170 Å². The minimum atomic E-state index is -0.273. The number of fused-ring (bicyclic) bond motifs is 1. The summed E-state index contributed by atoms with van der Waals surface area (Å²) in [6.07, 6.45) is 0. The molecule has 0 aliphatic heterocycles. The molecule has 152 valence electrons. The quantitative estimate of drug-likeness (QED) is 0.668. The van der Waals surface area contributed by atoms with E-state index in [9.17, 15) is 9.59 Å². The topological polar surface area (TPSA) is 68.5 Å². The van der Waals surface area contributed by atoms with Crippen LogP contribution in [0.5, 0.6) is 5.75 Å². The van der Waals surface area contributed by atoms with E-state index in [-0.39, 0.29) is 23.7 Å². The van der Waals surface area contributed by atoms with Crippen molar-refractivity contribution >= 4 is 16.9 Å². The van der Waals surface area contributed by atoms with E-state index in [1.54, 1.807) is 6.07 Å². The van der Waals surface area contributed by atoms with Crippen LogP contribution in [-0.4, -0.2) is 19.1 Å². The standard InChI is InChI=1S/C24H27NO4/c1-14(2)12-25-20(26)13-28-24-21(27)19-11-16(4)10-17(5)22(19)29-23(24)18-8-6-15(3)7-9-18/h6-11,14H,12-13H2,1-5H3,(H,25,26). The molecule has 1 N–H and O–H groups in total. The fourth-order valence-corrected chi connectivity index (χ4v) is 3.17. The van der Waals surface area contributed by atoms with Gasteiger partial charge in [0.2, 0.25) is 11.2 Å². The highest BCUT2D eigenvalue weighted by molar-refractivity contribution is 5.85. The Morgan fingerprint density at radius 1 is 1.07 bits per heavy atom. The Morgan fingerprint density at radius 2 is 1.76 bits per heavy atom. The van der Waals surface area contributed by atoms with Crippen molar-refractivity contribution in [3.05, 3.63) is 63.3 Å². The van der Waals surface area contributed by atoms with E-state index in [0.717, 1.165) is 22.3 Å². The second-order valence-electron chi connectivity index (χ2n) is 7.90. The van der Waals surface area contributed by atoms with E-state index in [2.05, 4.69) is 5.32 Å². The number of rotatable bonds is 6. The highest BCUT2D eigenvalue weighted by atomic mass is 16.5. The van der Waals surface area contributed by atoms with Gasteiger partial charge in [0.25, 0.3) is 5.91 Å². The summed E-state index contributed by atoms with van der Waals surface area (Å²) in [4.78, 5) is 25.4. The molecule has 0 atom stereocenters. The van der Waals surface area contributed by atoms with Gasteiger partial charge in [0, 0.05) is 12.1 Å². The molecule has 3 aromatic rings. The van der Waals surface area contributed by atoms with Gasteiger partial charge in [0.15, 0.2) is 12.4 Å². The molecule has 0 bridgehead atoms. The van der Waals surface area contributed by atoms with Crippen molar-refractivity contribution in [1.82, 2.24) is 5.32 Å². The molecule has 5 heteroatoms. The first-order chi connectivity index (χ1) is 13.8. The first-order valence-corrected chi connectivity index (χ1v) is 9.81. The maximum Gasteiger partial charge on any atom is 0.257 e. The highest BCUT2D eigenvalue weighted by Crippen LogP contribution is 2.32. The summed E-state index contributed by atoms with van der Waals surface area (Å²) in [6, 6.07) is 11.4. The van der Waals surface area contributed by atoms with Crippen molar-refractivity contribution < 1.29 is 13.9 Å². The molecule has 0 aliphatic rings. The average molecular weight is 393 g/mol. The van der Waals surface area contributed by atoms with E-state index < -0.39 is 0 Å². The van der Waals surface area contributed by atoms with Gasteiger partial charge in [-0.05, 0) is 43.9 Å². The van der Waals surface area contributed by atoms with Crippen LogP contribution in [0.2, 0.25) is 0 Å². The minimum Gasteiger partial charge on any atom is -0.476 e. The molecule has 0 radical (unpaired) electrons. The molecule has 0 fully saturated rings. The number of benzene rings is 2. The van der Waals surface area contributed by atoms with Crippen molar-refractivity contribution in [2.24, 2.45) is 5.92 Å². The van der Waals surface area contributed by atoms with E-state index in [1.165, 1.54) is 0 Å². The molecule has 0 aliphatic carbocycles. The van der Waals surface area contributed by atoms with E-state index >= 15 is 0 Å². The summed E-state index contributed by atoms with van der Waals surface area (Å²) >= 11 is 0. The van der Waals surface area contributed by atoms with Crippen LogP contribution in [0, 0.1) is 26.7 Å². The van der Waals surface area contributed by atoms with Crippen LogP contribution in [0.3, 0.4) is 0 Å². The molecule has 1 amide bonds. The molecule has 29 heavy (non-hydrogen) atoms. The zero-order chi connectivity index (χ0) is 21.1. The van der Waals surface area contributed by atoms with Crippen LogP contribution in [0.4, 0.5) is 0 Å². The van der Waals surface area contributed by atoms with Crippen molar-refractivity contribution in [2.45, 2.75) is 34.6 Å².